The summed E-state index contributed by atoms with van der Waals surface area (Å²) in [5, 5.41) is 3.25. The van der Waals surface area contributed by atoms with E-state index in [0.717, 1.165) is 18.4 Å². The lowest BCUT2D eigenvalue weighted by Crippen LogP contribution is -2.65. The number of nitrogens with two attached hydrogens (primary N) is 1. The molecule has 31 heavy (non-hydrogen) atoms. The molecule has 4 aliphatic carbocycles. The molecule has 4 saturated carbocycles. The topological polar surface area (TPSA) is 73.6 Å². The molecule has 1 amide bonds. The van der Waals surface area contributed by atoms with Crippen molar-refractivity contribution in [2.45, 2.75) is 89.4 Å². The first-order valence-electron chi connectivity index (χ1n) is 12.0. The Hall–Kier alpha value is -1.37. The molecule has 5 fully saturated rings. The first-order valence-corrected chi connectivity index (χ1v) is 12.0. The summed E-state index contributed by atoms with van der Waals surface area (Å²) in [5.41, 5.74) is 6.89. The molecule has 0 unspecified atom stereocenters. The summed E-state index contributed by atoms with van der Waals surface area (Å²) in [6.45, 7) is 11.3. The fourth-order valence-corrected chi connectivity index (χ4v) is 6.75. The summed E-state index contributed by atoms with van der Waals surface area (Å²) < 4.78 is 13.2. The standard InChI is InChI=1S/C25H37BN2O3/c1-15(2)11-21(28-22(29)25(27)14-18(25)16-9-7-6-8-10-16)26-30-20-13-17-12-19(23(17,3)4)24(20,5)31-26/h6-10,15,17-21H,11-14,27H2,1-5H3,(H,28,29)/t17-,18-,19-,20+,21-,24-,25-/m0/s1. The molecule has 168 valence electrons. The van der Waals surface area contributed by atoms with E-state index in [2.05, 4.69) is 52.1 Å². The molecule has 7 atom stereocenters. The van der Waals surface area contributed by atoms with Gasteiger partial charge < -0.3 is 20.4 Å². The lowest BCUT2D eigenvalue weighted by Gasteiger charge is -2.64. The number of hydrogen-bond donors (Lipinski definition) is 2. The number of nitrogens with one attached hydrogen (secondary N) is 1. The predicted molar refractivity (Wildman–Crippen MR) is 122 cm³/mol. The van der Waals surface area contributed by atoms with Crippen LogP contribution in [0.3, 0.4) is 0 Å². The van der Waals surface area contributed by atoms with Crippen LogP contribution in [0.25, 0.3) is 0 Å². The normalized spacial score (nSPS) is 40.8. The Labute approximate surface area is 187 Å². The Morgan fingerprint density at radius 1 is 1.23 bits per heavy atom. The third kappa shape index (κ3) is 3.29. The highest BCUT2D eigenvalue weighted by Crippen LogP contribution is 2.65. The highest BCUT2D eigenvalue weighted by Gasteiger charge is 2.69. The predicted octanol–water partition coefficient (Wildman–Crippen LogP) is 3.67. The fraction of sp³-hybridized carbons (Fsp3) is 0.720. The van der Waals surface area contributed by atoms with E-state index >= 15 is 0 Å². The third-order valence-electron chi connectivity index (χ3n) is 8.97. The van der Waals surface area contributed by atoms with Crippen molar-refractivity contribution >= 4 is 13.0 Å². The Morgan fingerprint density at radius 3 is 2.58 bits per heavy atom. The number of hydrogen-bond acceptors (Lipinski definition) is 4. The van der Waals surface area contributed by atoms with Gasteiger partial charge in [0.2, 0.25) is 5.91 Å². The second kappa shape index (κ2) is 7.07. The molecule has 0 spiro atoms. The molecule has 1 aromatic rings. The second-order valence-electron chi connectivity index (χ2n) is 11.8. The van der Waals surface area contributed by atoms with Crippen molar-refractivity contribution in [1.29, 1.82) is 0 Å². The molecule has 5 aliphatic rings. The monoisotopic (exact) mass is 424 g/mol. The van der Waals surface area contributed by atoms with Gasteiger partial charge in [0.15, 0.2) is 0 Å². The Morgan fingerprint density at radius 2 is 1.94 bits per heavy atom. The first-order chi connectivity index (χ1) is 14.6. The maximum absolute atomic E-state index is 13.3. The average Bonchev–Trinajstić information content (AvgIpc) is 3.28. The number of rotatable bonds is 6. The lowest BCUT2D eigenvalue weighted by atomic mass is 9.43. The van der Waals surface area contributed by atoms with Gasteiger partial charge in [-0.15, -0.1) is 0 Å². The second-order valence-corrected chi connectivity index (χ2v) is 11.8. The van der Waals surface area contributed by atoms with Crippen molar-refractivity contribution in [2.75, 3.05) is 0 Å². The minimum Gasteiger partial charge on any atom is -0.404 e. The van der Waals surface area contributed by atoms with E-state index in [0.29, 0.717) is 29.6 Å². The van der Waals surface area contributed by atoms with Gasteiger partial charge in [-0.25, -0.2) is 0 Å². The Kier molecular flexibility index (Phi) is 4.90. The molecular weight excluding hydrogens is 387 g/mol. The zero-order chi connectivity index (χ0) is 22.2. The molecule has 0 radical (unpaired) electrons. The molecule has 1 saturated heterocycles. The highest BCUT2D eigenvalue weighted by atomic mass is 16.7. The zero-order valence-corrected chi connectivity index (χ0v) is 19.6. The summed E-state index contributed by atoms with van der Waals surface area (Å²) in [4.78, 5) is 13.3. The smallest absolute Gasteiger partial charge is 0.404 e. The molecular formula is C25H37BN2O3. The van der Waals surface area contributed by atoms with Gasteiger partial charge in [0, 0.05) is 5.92 Å². The number of amides is 1. The van der Waals surface area contributed by atoms with Crippen molar-refractivity contribution in [3.63, 3.8) is 0 Å². The molecule has 1 heterocycles. The summed E-state index contributed by atoms with van der Waals surface area (Å²) >= 11 is 0. The van der Waals surface area contributed by atoms with Crippen LogP contribution < -0.4 is 11.1 Å². The van der Waals surface area contributed by atoms with Crippen molar-refractivity contribution in [3.05, 3.63) is 35.9 Å². The first kappa shape index (κ1) is 21.5. The van der Waals surface area contributed by atoms with Crippen LogP contribution in [0.15, 0.2) is 30.3 Å². The molecule has 5 nitrogen and oxygen atoms in total. The minimum absolute atomic E-state index is 0.0759. The highest BCUT2D eigenvalue weighted by molar-refractivity contribution is 6.48. The SMILES string of the molecule is CC(C)C[C@H](NC(=O)[C@]1(N)C[C@H]1c1ccccc1)B1O[C@@H]2C[C@@H]3C[C@@H](C3(C)C)[C@]2(C)O1. The third-order valence-corrected chi connectivity index (χ3v) is 8.97. The van der Waals surface area contributed by atoms with E-state index in [1.165, 1.54) is 6.42 Å². The maximum Gasteiger partial charge on any atom is 0.481 e. The van der Waals surface area contributed by atoms with Crippen LogP contribution in [0.4, 0.5) is 0 Å². The van der Waals surface area contributed by atoms with E-state index in [1.807, 2.05) is 18.2 Å². The quantitative estimate of drug-likeness (QED) is 0.684. The molecule has 6 rings (SSSR count). The summed E-state index contributed by atoms with van der Waals surface area (Å²) in [6.07, 6.45) is 3.88. The van der Waals surface area contributed by atoms with Gasteiger partial charge in [-0.3, -0.25) is 4.79 Å². The van der Waals surface area contributed by atoms with Crippen LogP contribution in [-0.4, -0.2) is 36.2 Å². The average molecular weight is 424 g/mol. The molecule has 6 heteroatoms. The molecule has 0 aromatic heterocycles. The van der Waals surface area contributed by atoms with Crippen LogP contribution in [0.1, 0.15) is 71.8 Å². The van der Waals surface area contributed by atoms with E-state index in [-0.39, 0.29) is 29.5 Å². The van der Waals surface area contributed by atoms with Gasteiger partial charge in [-0.1, -0.05) is 58.0 Å². The molecule has 1 aliphatic heterocycles. The van der Waals surface area contributed by atoms with Gasteiger partial charge in [-0.2, -0.15) is 0 Å². The number of benzene rings is 1. The van der Waals surface area contributed by atoms with Gasteiger partial charge in [-0.05, 0) is 61.3 Å². The Balaban J connectivity index is 1.30. The van der Waals surface area contributed by atoms with Crippen LogP contribution in [0, 0.1) is 23.2 Å². The van der Waals surface area contributed by atoms with Gasteiger partial charge >= 0.3 is 7.12 Å². The molecule has 3 N–H and O–H groups in total. The number of carbonyl (C=O) groups is 1. The van der Waals surface area contributed by atoms with Gasteiger partial charge in [0.05, 0.1) is 17.6 Å². The van der Waals surface area contributed by atoms with Crippen LogP contribution >= 0.6 is 0 Å². The lowest BCUT2D eigenvalue weighted by molar-refractivity contribution is -0.199. The maximum atomic E-state index is 13.3. The molecule has 2 bridgehead atoms. The van der Waals surface area contributed by atoms with Crippen LogP contribution in [0.5, 0.6) is 0 Å². The van der Waals surface area contributed by atoms with E-state index < -0.39 is 12.7 Å². The minimum atomic E-state index is -0.838. The zero-order valence-electron chi connectivity index (χ0n) is 19.6. The van der Waals surface area contributed by atoms with E-state index in [4.69, 9.17) is 15.0 Å². The van der Waals surface area contributed by atoms with E-state index in [1.54, 1.807) is 0 Å². The summed E-state index contributed by atoms with van der Waals surface area (Å²) in [6, 6.07) is 10.1. The van der Waals surface area contributed by atoms with Crippen LogP contribution in [0.2, 0.25) is 0 Å². The summed E-state index contributed by atoms with van der Waals surface area (Å²) in [5.74, 6) is 1.44. The summed E-state index contributed by atoms with van der Waals surface area (Å²) in [7, 11) is -0.408. The fourth-order valence-electron chi connectivity index (χ4n) is 6.75. The largest absolute Gasteiger partial charge is 0.481 e. The molecule has 1 aromatic carbocycles. The van der Waals surface area contributed by atoms with Crippen LogP contribution in [-0.2, 0) is 14.1 Å². The Bertz CT molecular complexity index is 862. The van der Waals surface area contributed by atoms with E-state index in [9.17, 15) is 4.79 Å². The van der Waals surface area contributed by atoms with Crippen molar-refractivity contribution in [3.8, 4) is 0 Å². The van der Waals surface area contributed by atoms with Crippen molar-refractivity contribution in [1.82, 2.24) is 5.32 Å². The van der Waals surface area contributed by atoms with Gasteiger partial charge in [0.1, 0.15) is 5.54 Å². The van der Waals surface area contributed by atoms with Crippen molar-refractivity contribution < 1.29 is 14.1 Å². The van der Waals surface area contributed by atoms with Crippen molar-refractivity contribution in [2.24, 2.45) is 28.9 Å². The number of carbonyl (C=O) groups excluding carboxylic acids is 1. The van der Waals surface area contributed by atoms with Gasteiger partial charge in [0.25, 0.3) is 0 Å².